The van der Waals surface area contributed by atoms with E-state index in [-0.39, 0.29) is 18.7 Å². The van der Waals surface area contributed by atoms with Crippen molar-refractivity contribution in [1.82, 2.24) is 10.2 Å². The fourth-order valence-corrected chi connectivity index (χ4v) is 1.47. The highest BCUT2D eigenvalue weighted by molar-refractivity contribution is 5.67. The molecule has 76 valence electrons. The summed E-state index contributed by atoms with van der Waals surface area (Å²) in [4.78, 5) is 12.8. The van der Waals surface area contributed by atoms with Crippen LogP contribution in [0.1, 0.15) is 6.42 Å². The molecular formula is C8H16N2O3. The van der Waals surface area contributed by atoms with Crippen LogP contribution in [0.25, 0.3) is 0 Å². The van der Waals surface area contributed by atoms with Gasteiger partial charge in [-0.25, -0.2) is 4.79 Å². The van der Waals surface area contributed by atoms with Gasteiger partial charge in [-0.1, -0.05) is 0 Å². The lowest BCUT2D eigenvalue weighted by Crippen LogP contribution is -2.52. The van der Waals surface area contributed by atoms with Gasteiger partial charge in [0.25, 0.3) is 0 Å². The predicted octanol–water partition coefficient (Wildman–Crippen LogP) is -0.591. The SMILES string of the molecule is COC(=O)N1CCNC(CCO)C1. The van der Waals surface area contributed by atoms with Crippen molar-refractivity contribution in [3.63, 3.8) is 0 Å². The summed E-state index contributed by atoms with van der Waals surface area (Å²) in [7, 11) is 1.38. The topological polar surface area (TPSA) is 61.8 Å². The second-order valence-electron chi connectivity index (χ2n) is 3.08. The van der Waals surface area contributed by atoms with Crippen molar-refractivity contribution < 1.29 is 14.6 Å². The minimum Gasteiger partial charge on any atom is -0.453 e. The van der Waals surface area contributed by atoms with Crippen molar-refractivity contribution >= 4 is 6.09 Å². The van der Waals surface area contributed by atoms with Crippen molar-refractivity contribution in [3.8, 4) is 0 Å². The molecule has 2 N–H and O–H groups in total. The lowest BCUT2D eigenvalue weighted by atomic mass is 10.1. The number of nitrogens with zero attached hydrogens (tertiary/aromatic N) is 1. The smallest absolute Gasteiger partial charge is 0.409 e. The minimum absolute atomic E-state index is 0.146. The molecule has 1 rings (SSSR count). The third-order valence-corrected chi connectivity index (χ3v) is 2.17. The number of carbonyl (C=O) groups is 1. The van der Waals surface area contributed by atoms with E-state index in [0.29, 0.717) is 19.5 Å². The summed E-state index contributed by atoms with van der Waals surface area (Å²) in [6.45, 7) is 2.20. The molecule has 0 bridgehead atoms. The van der Waals surface area contributed by atoms with E-state index < -0.39 is 0 Å². The molecule has 1 saturated heterocycles. The van der Waals surface area contributed by atoms with E-state index in [1.807, 2.05) is 0 Å². The Bertz CT molecular complexity index is 173. The van der Waals surface area contributed by atoms with Gasteiger partial charge in [-0.05, 0) is 6.42 Å². The Labute approximate surface area is 77.7 Å². The zero-order valence-electron chi connectivity index (χ0n) is 7.82. The number of carbonyl (C=O) groups excluding carboxylic acids is 1. The van der Waals surface area contributed by atoms with Crippen LogP contribution in [-0.4, -0.2) is 55.5 Å². The third kappa shape index (κ3) is 2.86. The van der Waals surface area contributed by atoms with Gasteiger partial charge in [-0.15, -0.1) is 0 Å². The van der Waals surface area contributed by atoms with E-state index in [0.717, 1.165) is 6.54 Å². The van der Waals surface area contributed by atoms with Gasteiger partial charge in [-0.2, -0.15) is 0 Å². The molecule has 1 atom stereocenters. The summed E-state index contributed by atoms with van der Waals surface area (Å²) in [6, 6.07) is 0.192. The molecule has 1 heterocycles. The molecule has 1 unspecified atom stereocenters. The largest absolute Gasteiger partial charge is 0.453 e. The van der Waals surface area contributed by atoms with E-state index >= 15 is 0 Å². The Morgan fingerprint density at radius 1 is 1.77 bits per heavy atom. The Hall–Kier alpha value is -0.810. The van der Waals surface area contributed by atoms with Crippen LogP contribution in [0.15, 0.2) is 0 Å². The molecular weight excluding hydrogens is 172 g/mol. The maximum atomic E-state index is 11.1. The van der Waals surface area contributed by atoms with Gasteiger partial charge in [0.15, 0.2) is 0 Å². The summed E-state index contributed by atoms with van der Waals surface area (Å²) < 4.78 is 4.61. The summed E-state index contributed by atoms with van der Waals surface area (Å²) in [5.41, 5.74) is 0. The normalized spacial score (nSPS) is 22.9. The van der Waals surface area contributed by atoms with Crippen LogP contribution in [0.2, 0.25) is 0 Å². The highest BCUT2D eigenvalue weighted by Gasteiger charge is 2.22. The summed E-state index contributed by atoms with van der Waals surface area (Å²) >= 11 is 0. The van der Waals surface area contributed by atoms with Crippen molar-refractivity contribution in [3.05, 3.63) is 0 Å². The van der Waals surface area contributed by atoms with Gasteiger partial charge in [0.05, 0.1) is 7.11 Å². The highest BCUT2D eigenvalue weighted by atomic mass is 16.5. The van der Waals surface area contributed by atoms with Gasteiger partial charge in [-0.3, -0.25) is 0 Å². The molecule has 0 aliphatic carbocycles. The average Bonchev–Trinajstić information content (AvgIpc) is 2.18. The molecule has 1 amide bonds. The monoisotopic (exact) mass is 188 g/mol. The van der Waals surface area contributed by atoms with Gasteiger partial charge in [0, 0.05) is 32.3 Å². The third-order valence-electron chi connectivity index (χ3n) is 2.17. The number of methoxy groups -OCH3 is 1. The predicted molar refractivity (Wildman–Crippen MR) is 47.5 cm³/mol. The molecule has 5 nitrogen and oxygen atoms in total. The molecule has 0 aromatic heterocycles. The maximum Gasteiger partial charge on any atom is 0.409 e. The molecule has 1 fully saturated rings. The van der Waals surface area contributed by atoms with Crippen LogP contribution in [0.4, 0.5) is 4.79 Å². The summed E-state index contributed by atoms with van der Waals surface area (Å²) in [5.74, 6) is 0. The fraction of sp³-hybridized carbons (Fsp3) is 0.875. The maximum absolute atomic E-state index is 11.1. The number of ether oxygens (including phenoxy) is 1. The summed E-state index contributed by atoms with van der Waals surface area (Å²) in [5, 5.41) is 11.9. The second kappa shape index (κ2) is 5.04. The number of hydrogen-bond acceptors (Lipinski definition) is 4. The Morgan fingerprint density at radius 2 is 2.54 bits per heavy atom. The van der Waals surface area contributed by atoms with Crippen LogP contribution in [0.5, 0.6) is 0 Å². The Balaban J connectivity index is 2.37. The molecule has 0 aromatic rings. The van der Waals surface area contributed by atoms with Crippen LogP contribution in [-0.2, 0) is 4.74 Å². The van der Waals surface area contributed by atoms with Gasteiger partial charge < -0.3 is 20.1 Å². The molecule has 0 spiro atoms. The molecule has 0 saturated carbocycles. The van der Waals surface area contributed by atoms with Crippen molar-refractivity contribution in [2.24, 2.45) is 0 Å². The molecule has 1 aliphatic heterocycles. The van der Waals surface area contributed by atoms with Crippen LogP contribution >= 0.6 is 0 Å². The van der Waals surface area contributed by atoms with Crippen molar-refractivity contribution in [1.29, 1.82) is 0 Å². The van der Waals surface area contributed by atoms with Crippen molar-refractivity contribution in [2.45, 2.75) is 12.5 Å². The number of amides is 1. The number of nitrogens with one attached hydrogen (secondary N) is 1. The number of piperazine rings is 1. The Morgan fingerprint density at radius 3 is 3.15 bits per heavy atom. The lowest BCUT2D eigenvalue weighted by molar-refractivity contribution is 0.105. The zero-order chi connectivity index (χ0) is 9.68. The Kier molecular flexibility index (Phi) is 3.98. The number of rotatable bonds is 2. The van der Waals surface area contributed by atoms with E-state index in [2.05, 4.69) is 10.1 Å². The molecule has 5 heteroatoms. The molecule has 0 aromatic carbocycles. The van der Waals surface area contributed by atoms with Gasteiger partial charge >= 0.3 is 6.09 Å². The lowest BCUT2D eigenvalue weighted by Gasteiger charge is -2.32. The molecule has 1 aliphatic rings. The van der Waals surface area contributed by atoms with Crippen LogP contribution in [0, 0.1) is 0 Å². The number of hydrogen-bond donors (Lipinski definition) is 2. The first kappa shape index (κ1) is 10.3. The first-order valence-electron chi connectivity index (χ1n) is 4.45. The van der Waals surface area contributed by atoms with E-state index in [9.17, 15) is 4.79 Å². The fourth-order valence-electron chi connectivity index (χ4n) is 1.47. The second-order valence-corrected chi connectivity index (χ2v) is 3.08. The minimum atomic E-state index is -0.288. The van der Waals surface area contributed by atoms with E-state index in [1.165, 1.54) is 7.11 Å². The number of aliphatic hydroxyl groups excluding tert-OH is 1. The standard InChI is InChI=1S/C8H16N2O3/c1-13-8(12)10-4-3-9-7(6-10)2-5-11/h7,9,11H,2-6H2,1H3. The first-order valence-corrected chi connectivity index (χ1v) is 4.45. The summed E-state index contributed by atoms with van der Waals surface area (Å²) in [6.07, 6.45) is 0.387. The van der Waals surface area contributed by atoms with Crippen LogP contribution < -0.4 is 5.32 Å². The molecule has 0 radical (unpaired) electrons. The number of aliphatic hydroxyl groups is 1. The van der Waals surface area contributed by atoms with E-state index in [4.69, 9.17) is 5.11 Å². The average molecular weight is 188 g/mol. The zero-order valence-corrected chi connectivity index (χ0v) is 7.82. The first-order chi connectivity index (χ1) is 6.27. The quantitative estimate of drug-likeness (QED) is 0.608. The van der Waals surface area contributed by atoms with Crippen molar-refractivity contribution in [2.75, 3.05) is 33.4 Å². The van der Waals surface area contributed by atoms with E-state index in [1.54, 1.807) is 4.90 Å². The molecule has 13 heavy (non-hydrogen) atoms. The van der Waals surface area contributed by atoms with Crippen LogP contribution in [0.3, 0.4) is 0 Å². The highest BCUT2D eigenvalue weighted by Crippen LogP contribution is 2.03. The van der Waals surface area contributed by atoms with Gasteiger partial charge in [0.1, 0.15) is 0 Å². The van der Waals surface area contributed by atoms with Gasteiger partial charge in [0.2, 0.25) is 0 Å².